The second-order valence-corrected chi connectivity index (χ2v) is 10.2. The Bertz CT molecular complexity index is 1230. The highest BCUT2D eigenvalue weighted by Gasteiger charge is 2.33. The van der Waals surface area contributed by atoms with Gasteiger partial charge < -0.3 is 4.74 Å². The van der Waals surface area contributed by atoms with Crippen molar-refractivity contribution in [2.45, 2.75) is 24.3 Å². The SMILES string of the molecule is Cn1cc(-c2nc(COC(=O)C3CCN(S(=O)(=O)c4ccc(F)c(F)c4)CC3)cs2)cn1. The first-order valence-corrected chi connectivity index (χ1v) is 12.1. The minimum absolute atomic E-state index is 0.0307. The molecule has 0 saturated carbocycles. The quantitative estimate of drug-likeness (QED) is 0.502. The molecular formula is C20H20F2N4O4S2. The number of aromatic nitrogens is 3. The van der Waals surface area contributed by atoms with Crippen molar-refractivity contribution in [1.29, 1.82) is 0 Å². The van der Waals surface area contributed by atoms with Crippen molar-refractivity contribution in [2.75, 3.05) is 13.1 Å². The molecule has 3 heterocycles. The molecule has 0 unspecified atom stereocenters. The van der Waals surface area contributed by atoms with Crippen LogP contribution >= 0.6 is 11.3 Å². The molecule has 0 amide bonds. The van der Waals surface area contributed by atoms with Gasteiger partial charge in [-0.25, -0.2) is 22.2 Å². The Hall–Kier alpha value is -2.70. The molecule has 32 heavy (non-hydrogen) atoms. The molecule has 0 radical (unpaired) electrons. The van der Waals surface area contributed by atoms with Crippen molar-refractivity contribution < 1.29 is 26.7 Å². The average molecular weight is 483 g/mol. The van der Waals surface area contributed by atoms with Crippen molar-refractivity contribution in [3.05, 3.63) is 53.3 Å². The summed E-state index contributed by atoms with van der Waals surface area (Å²) in [6.45, 7) is 0.203. The number of nitrogens with zero attached hydrogens (tertiary/aromatic N) is 4. The molecule has 1 aromatic carbocycles. The molecule has 4 rings (SSSR count). The Balaban J connectivity index is 1.31. The number of rotatable bonds is 6. The summed E-state index contributed by atoms with van der Waals surface area (Å²) in [6.07, 6.45) is 4.10. The number of hydrogen-bond donors (Lipinski definition) is 0. The van der Waals surface area contributed by atoms with E-state index < -0.39 is 33.5 Å². The van der Waals surface area contributed by atoms with Crippen LogP contribution in [0.15, 0.2) is 40.9 Å². The van der Waals surface area contributed by atoms with Gasteiger partial charge in [0.1, 0.15) is 11.6 Å². The summed E-state index contributed by atoms with van der Waals surface area (Å²) in [5, 5.41) is 6.69. The van der Waals surface area contributed by atoms with Gasteiger partial charge in [-0.15, -0.1) is 11.3 Å². The van der Waals surface area contributed by atoms with Gasteiger partial charge in [0.25, 0.3) is 0 Å². The fourth-order valence-electron chi connectivity index (χ4n) is 3.42. The lowest BCUT2D eigenvalue weighted by atomic mass is 9.98. The molecule has 0 bridgehead atoms. The number of piperidine rings is 1. The van der Waals surface area contributed by atoms with Gasteiger partial charge in [-0.1, -0.05) is 0 Å². The average Bonchev–Trinajstić information content (AvgIpc) is 3.43. The molecule has 0 N–H and O–H groups in total. The monoisotopic (exact) mass is 482 g/mol. The van der Waals surface area contributed by atoms with Gasteiger partial charge >= 0.3 is 5.97 Å². The maximum atomic E-state index is 13.4. The molecule has 1 aliphatic heterocycles. The predicted octanol–water partition coefficient (Wildman–Crippen LogP) is 2.97. The number of hydrogen-bond acceptors (Lipinski definition) is 7. The molecule has 3 aromatic rings. The molecule has 170 valence electrons. The van der Waals surface area contributed by atoms with Crippen LogP contribution in [0.2, 0.25) is 0 Å². The van der Waals surface area contributed by atoms with Crippen LogP contribution in [0.4, 0.5) is 8.78 Å². The van der Waals surface area contributed by atoms with E-state index in [4.69, 9.17) is 4.74 Å². The van der Waals surface area contributed by atoms with E-state index in [1.807, 2.05) is 18.6 Å². The standard InChI is InChI=1S/C20H20F2N4O4S2/c1-25-10-14(9-23-25)19-24-15(12-31-19)11-30-20(27)13-4-6-26(7-5-13)32(28,29)16-2-3-17(21)18(22)8-16/h2-3,8-10,12-13H,4-7,11H2,1H3. The van der Waals surface area contributed by atoms with Crippen LogP contribution in [0, 0.1) is 17.6 Å². The normalized spacial score (nSPS) is 15.7. The number of carbonyl (C=O) groups excluding carboxylic acids is 1. The summed E-state index contributed by atoms with van der Waals surface area (Å²) in [4.78, 5) is 16.6. The summed E-state index contributed by atoms with van der Waals surface area (Å²) in [5.41, 5.74) is 1.50. The summed E-state index contributed by atoms with van der Waals surface area (Å²) >= 11 is 1.43. The fraction of sp³-hybridized carbons (Fsp3) is 0.350. The molecule has 1 saturated heterocycles. The Morgan fingerprint density at radius 1 is 1.25 bits per heavy atom. The lowest BCUT2D eigenvalue weighted by Crippen LogP contribution is -2.40. The van der Waals surface area contributed by atoms with Crippen molar-refractivity contribution in [2.24, 2.45) is 13.0 Å². The number of ether oxygens (including phenoxy) is 1. The second kappa shape index (κ2) is 9.04. The summed E-state index contributed by atoms with van der Waals surface area (Å²) in [5.74, 6) is -3.19. The van der Waals surface area contributed by atoms with Crippen LogP contribution in [0.25, 0.3) is 10.6 Å². The van der Waals surface area contributed by atoms with E-state index in [0.717, 1.165) is 22.7 Å². The van der Waals surface area contributed by atoms with E-state index in [9.17, 15) is 22.0 Å². The maximum absolute atomic E-state index is 13.4. The van der Waals surface area contributed by atoms with Crippen LogP contribution < -0.4 is 0 Å². The minimum Gasteiger partial charge on any atom is -0.459 e. The van der Waals surface area contributed by atoms with Crippen LogP contribution in [0.5, 0.6) is 0 Å². The zero-order valence-corrected chi connectivity index (χ0v) is 18.7. The molecule has 1 aliphatic rings. The number of thiazole rings is 1. The van der Waals surface area contributed by atoms with Gasteiger partial charge in [-0.3, -0.25) is 9.48 Å². The molecule has 0 atom stereocenters. The number of sulfonamides is 1. The summed E-state index contributed by atoms with van der Waals surface area (Å²) in [7, 11) is -2.15. The maximum Gasteiger partial charge on any atom is 0.309 e. The Labute approximate surface area is 187 Å². The third kappa shape index (κ3) is 4.71. The lowest BCUT2D eigenvalue weighted by Gasteiger charge is -2.30. The predicted molar refractivity (Wildman–Crippen MR) is 112 cm³/mol. The van der Waals surface area contributed by atoms with Crippen LogP contribution in [0.1, 0.15) is 18.5 Å². The number of halogens is 2. The number of aryl methyl sites for hydroxylation is 1. The minimum atomic E-state index is -3.97. The van der Waals surface area contributed by atoms with E-state index in [0.29, 0.717) is 11.8 Å². The van der Waals surface area contributed by atoms with E-state index in [1.54, 1.807) is 10.9 Å². The topological polar surface area (TPSA) is 94.4 Å². The van der Waals surface area contributed by atoms with E-state index >= 15 is 0 Å². The number of carbonyl (C=O) groups is 1. The zero-order chi connectivity index (χ0) is 22.9. The molecular weight excluding hydrogens is 462 g/mol. The van der Waals surface area contributed by atoms with Gasteiger partial charge in [-0.05, 0) is 31.0 Å². The largest absolute Gasteiger partial charge is 0.459 e. The Kier molecular flexibility index (Phi) is 6.35. The van der Waals surface area contributed by atoms with Crippen molar-refractivity contribution in [1.82, 2.24) is 19.1 Å². The molecule has 0 aliphatic carbocycles. The summed E-state index contributed by atoms with van der Waals surface area (Å²) < 4.78 is 60.1. The van der Waals surface area contributed by atoms with Gasteiger partial charge in [-0.2, -0.15) is 9.40 Å². The van der Waals surface area contributed by atoms with E-state index in [1.165, 1.54) is 15.6 Å². The van der Waals surface area contributed by atoms with Crippen molar-refractivity contribution >= 4 is 27.3 Å². The van der Waals surface area contributed by atoms with Crippen LogP contribution in [-0.2, 0) is 33.2 Å². The second-order valence-electron chi connectivity index (χ2n) is 7.41. The molecule has 2 aromatic heterocycles. The fourth-order valence-corrected chi connectivity index (χ4v) is 5.68. The molecule has 1 fully saturated rings. The molecule has 8 nitrogen and oxygen atoms in total. The van der Waals surface area contributed by atoms with Crippen LogP contribution in [-0.4, -0.2) is 46.5 Å². The van der Waals surface area contributed by atoms with E-state index in [2.05, 4.69) is 10.1 Å². The first kappa shape index (κ1) is 22.5. The third-order valence-corrected chi connectivity index (χ3v) is 8.02. The van der Waals surface area contributed by atoms with Gasteiger partial charge in [0, 0.05) is 37.3 Å². The van der Waals surface area contributed by atoms with Gasteiger partial charge in [0.15, 0.2) is 11.6 Å². The highest BCUT2D eigenvalue weighted by atomic mass is 32.2. The number of esters is 1. The zero-order valence-electron chi connectivity index (χ0n) is 17.1. The van der Waals surface area contributed by atoms with Gasteiger partial charge in [0.05, 0.1) is 22.7 Å². The summed E-state index contributed by atoms with van der Waals surface area (Å²) in [6, 6.07) is 2.48. The molecule has 0 spiro atoms. The van der Waals surface area contributed by atoms with Crippen molar-refractivity contribution in [3.63, 3.8) is 0 Å². The lowest BCUT2D eigenvalue weighted by molar-refractivity contribution is -0.151. The smallest absolute Gasteiger partial charge is 0.309 e. The first-order valence-electron chi connectivity index (χ1n) is 9.79. The van der Waals surface area contributed by atoms with Crippen LogP contribution in [0.3, 0.4) is 0 Å². The Morgan fingerprint density at radius 2 is 2.00 bits per heavy atom. The highest BCUT2D eigenvalue weighted by molar-refractivity contribution is 7.89. The third-order valence-electron chi connectivity index (χ3n) is 5.18. The van der Waals surface area contributed by atoms with E-state index in [-0.39, 0.29) is 37.4 Å². The highest BCUT2D eigenvalue weighted by Crippen LogP contribution is 2.27. The Morgan fingerprint density at radius 3 is 2.66 bits per heavy atom. The molecule has 12 heteroatoms. The first-order chi connectivity index (χ1) is 15.2. The number of benzene rings is 1. The van der Waals surface area contributed by atoms with Crippen molar-refractivity contribution in [3.8, 4) is 10.6 Å². The van der Waals surface area contributed by atoms with Gasteiger partial charge in [0.2, 0.25) is 10.0 Å².